The standard InChI is InChI=1S/C17H31N3O7/c1-12(2)14(21)11-27-10-9-26-8-7-18-15(22)6-5-13(16(23)24)19-17(25)20(3)4/h12-13H,5-11H2,1-4H3,(H,18,22)(H,19,25)(H,23,24)/t13-/m0/s1. The normalized spacial score (nSPS) is 11.7. The van der Waals surface area contributed by atoms with Gasteiger partial charge >= 0.3 is 12.0 Å². The summed E-state index contributed by atoms with van der Waals surface area (Å²) in [5.41, 5.74) is 0. The highest BCUT2D eigenvalue weighted by Crippen LogP contribution is 1.99. The van der Waals surface area contributed by atoms with Gasteiger partial charge in [0.15, 0.2) is 5.78 Å². The number of amides is 3. The van der Waals surface area contributed by atoms with Crippen molar-refractivity contribution in [2.45, 2.75) is 32.7 Å². The van der Waals surface area contributed by atoms with Crippen molar-refractivity contribution in [2.24, 2.45) is 5.92 Å². The van der Waals surface area contributed by atoms with Crippen LogP contribution in [0.25, 0.3) is 0 Å². The van der Waals surface area contributed by atoms with Crippen LogP contribution < -0.4 is 10.6 Å². The second kappa shape index (κ2) is 13.9. The van der Waals surface area contributed by atoms with Gasteiger partial charge < -0.3 is 30.1 Å². The van der Waals surface area contributed by atoms with Crippen LogP contribution in [0.5, 0.6) is 0 Å². The molecule has 1 atom stereocenters. The number of ether oxygens (including phenoxy) is 2. The molecule has 0 heterocycles. The van der Waals surface area contributed by atoms with E-state index < -0.39 is 18.0 Å². The first-order valence-electron chi connectivity index (χ1n) is 8.80. The summed E-state index contributed by atoms with van der Waals surface area (Å²) >= 11 is 0. The van der Waals surface area contributed by atoms with Gasteiger partial charge in [-0.15, -0.1) is 0 Å². The number of nitrogens with one attached hydrogen (secondary N) is 2. The predicted molar refractivity (Wildman–Crippen MR) is 97.4 cm³/mol. The Balaban J connectivity index is 3.80. The molecule has 0 aliphatic rings. The molecule has 10 nitrogen and oxygen atoms in total. The van der Waals surface area contributed by atoms with Crippen molar-refractivity contribution in [3.8, 4) is 0 Å². The fraction of sp³-hybridized carbons (Fsp3) is 0.765. The fourth-order valence-corrected chi connectivity index (χ4v) is 1.72. The average Bonchev–Trinajstić information content (AvgIpc) is 2.59. The van der Waals surface area contributed by atoms with Crippen LogP contribution in [-0.2, 0) is 23.9 Å². The number of hydrogen-bond donors (Lipinski definition) is 3. The van der Waals surface area contributed by atoms with E-state index in [1.54, 1.807) is 13.8 Å². The van der Waals surface area contributed by atoms with Gasteiger partial charge in [-0.25, -0.2) is 9.59 Å². The highest BCUT2D eigenvalue weighted by molar-refractivity contribution is 5.83. The SMILES string of the molecule is CC(C)C(=O)COCCOCCNC(=O)CC[C@H](NC(=O)N(C)C)C(=O)O. The number of ketones is 1. The fourth-order valence-electron chi connectivity index (χ4n) is 1.72. The van der Waals surface area contributed by atoms with Crippen LogP contribution in [0.3, 0.4) is 0 Å². The van der Waals surface area contributed by atoms with Crippen molar-refractivity contribution in [1.82, 2.24) is 15.5 Å². The molecule has 0 aromatic heterocycles. The van der Waals surface area contributed by atoms with Crippen molar-refractivity contribution in [1.29, 1.82) is 0 Å². The highest BCUT2D eigenvalue weighted by atomic mass is 16.5. The number of carboxylic acids is 1. The quantitative estimate of drug-likeness (QED) is 0.352. The van der Waals surface area contributed by atoms with E-state index >= 15 is 0 Å². The van der Waals surface area contributed by atoms with Crippen LogP contribution in [0.1, 0.15) is 26.7 Å². The van der Waals surface area contributed by atoms with Gasteiger partial charge in [-0.3, -0.25) is 9.59 Å². The number of carbonyl (C=O) groups is 4. The van der Waals surface area contributed by atoms with E-state index in [1.165, 1.54) is 19.0 Å². The van der Waals surface area contributed by atoms with Gasteiger partial charge in [0.05, 0.1) is 19.8 Å². The zero-order chi connectivity index (χ0) is 20.8. The first-order valence-corrected chi connectivity index (χ1v) is 8.80. The summed E-state index contributed by atoms with van der Waals surface area (Å²) in [7, 11) is 2.99. The Kier molecular flexibility index (Phi) is 12.8. The summed E-state index contributed by atoms with van der Waals surface area (Å²) in [6.07, 6.45) is -0.0512. The van der Waals surface area contributed by atoms with Crippen LogP contribution in [0, 0.1) is 5.92 Å². The van der Waals surface area contributed by atoms with E-state index in [9.17, 15) is 19.2 Å². The van der Waals surface area contributed by atoms with Crippen molar-refractivity contribution in [3.05, 3.63) is 0 Å². The lowest BCUT2D eigenvalue weighted by atomic mass is 10.1. The monoisotopic (exact) mass is 389 g/mol. The van der Waals surface area contributed by atoms with E-state index in [4.69, 9.17) is 14.6 Å². The van der Waals surface area contributed by atoms with Gasteiger partial charge in [-0.2, -0.15) is 0 Å². The number of Topliss-reactive ketones (excluding diaryl/α,β-unsaturated/α-hetero) is 1. The van der Waals surface area contributed by atoms with Crippen molar-refractivity contribution >= 4 is 23.7 Å². The Hall–Kier alpha value is -2.20. The van der Waals surface area contributed by atoms with Crippen molar-refractivity contribution in [3.63, 3.8) is 0 Å². The molecule has 0 aromatic rings. The Bertz CT molecular complexity index is 495. The van der Waals surface area contributed by atoms with Crippen molar-refractivity contribution in [2.75, 3.05) is 47.1 Å². The molecule has 0 rings (SSSR count). The van der Waals surface area contributed by atoms with Crippen LogP contribution in [-0.4, -0.2) is 86.8 Å². The summed E-state index contributed by atoms with van der Waals surface area (Å²) in [5, 5.41) is 14.0. The number of aliphatic carboxylic acids is 1. The molecule has 3 amide bonds. The van der Waals surface area contributed by atoms with E-state index in [2.05, 4.69) is 10.6 Å². The second-order valence-corrected chi connectivity index (χ2v) is 6.41. The van der Waals surface area contributed by atoms with Gasteiger partial charge in [0.1, 0.15) is 12.6 Å². The molecule has 27 heavy (non-hydrogen) atoms. The lowest BCUT2D eigenvalue weighted by Crippen LogP contribution is -2.46. The number of carboxylic acid groups (broad SMARTS) is 1. The maximum Gasteiger partial charge on any atom is 0.326 e. The first-order chi connectivity index (χ1) is 12.6. The summed E-state index contributed by atoms with van der Waals surface area (Å²) < 4.78 is 10.4. The molecule has 0 spiro atoms. The summed E-state index contributed by atoms with van der Waals surface area (Å²) in [6, 6.07) is -1.67. The van der Waals surface area contributed by atoms with Gasteiger partial charge in [0.25, 0.3) is 0 Å². The summed E-state index contributed by atoms with van der Waals surface area (Å²) in [4.78, 5) is 46.9. The Morgan fingerprint density at radius 2 is 1.67 bits per heavy atom. The van der Waals surface area contributed by atoms with Gasteiger partial charge in [-0.05, 0) is 6.42 Å². The highest BCUT2D eigenvalue weighted by Gasteiger charge is 2.21. The van der Waals surface area contributed by atoms with E-state index in [0.29, 0.717) is 6.61 Å². The third-order valence-electron chi connectivity index (χ3n) is 3.49. The third-order valence-corrected chi connectivity index (χ3v) is 3.49. The van der Waals surface area contributed by atoms with E-state index in [0.717, 1.165) is 0 Å². The largest absolute Gasteiger partial charge is 0.480 e. The minimum Gasteiger partial charge on any atom is -0.480 e. The Labute approximate surface area is 159 Å². The number of rotatable bonds is 14. The molecular formula is C17H31N3O7. The molecule has 0 fully saturated rings. The van der Waals surface area contributed by atoms with Crippen LogP contribution in [0.2, 0.25) is 0 Å². The van der Waals surface area contributed by atoms with Crippen LogP contribution in [0.4, 0.5) is 4.79 Å². The Morgan fingerprint density at radius 3 is 2.22 bits per heavy atom. The maximum atomic E-state index is 11.7. The van der Waals surface area contributed by atoms with Gasteiger partial charge in [0.2, 0.25) is 5.91 Å². The number of carbonyl (C=O) groups excluding carboxylic acids is 3. The molecular weight excluding hydrogens is 358 g/mol. The molecule has 0 radical (unpaired) electrons. The lowest BCUT2D eigenvalue weighted by molar-refractivity contribution is -0.139. The Morgan fingerprint density at radius 1 is 1.04 bits per heavy atom. The van der Waals surface area contributed by atoms with Crippen LogP contribution in [0.15, 0.2) is 0 Å². The number of nitrogens with zero attached hydrogens (tertiary/aromatic N) is 1. The molecule has 3 N–H and O–H groups in total. The van der Waals surface area contributed by atoms with Crippen LogP contribution >= 0.6 is 0 Å². The smallest absolute Gasteiger partial charge is 0.326 e. The molecule has 0 unspecified atom stereocenters. The topological polar surface area (TPSA) is 134 Å². The van der Waals surface area contributed by atoms with Gasteiger partial charge in [-0.1, -0.05) is 13.8 Å². The molecule has 0 saturated heterocycles. The molecule has 0 aromatic carbocycles. The minimum absolute atomic E-state index is 0.0146. The zero-order valence-corrected chi connectivity index (χ0v) is 16.4. The molecule has 10 heteroatoms. The predicted octanol–water partition coefficient (Wildman–Crippen LogP) is -0.134. The zero-order valence-electron chi connectivity index (χ0n) is 16.4. The lowest BCUT2D eigenvalue weighted by Gasteiger charge is -2.17. The molecule has 0 saturated carbocycles. The van der Waals surface area contributed by atoms with Gasteiger partial charge in [0, 0.05) is 33.0 Å². The maximum absolute atomic E-state index is 11.7. The molecule has 0 aliphatic heterocycles. The molecule has 0 bridgehead atoms. The second-order valence-electron chi connectivity index (χ2n) is 6.41. The minimum atomic E-state index is -1.20. The average molecular weight is 389 g/mol. The summed E-state index contributed by atoms with van der Waals surface area (Å²) in [6.45, 7) is 4.81. The summed E-state index contributed by atoms with van der Waals surface area (Å²) in [5.74, 6) is -1.55. The number of hydrogen-bond acceptors (Lipinski definition) is 6. The first kappa shape index (κ1) is 24.8. The van der Waals surface area contributed by atoms with E-state index in [-0.39, 0.29) is 56.8 Å². The third kappa shape index (κ3) is 12.7. The molecule has 0 aliphatic carbocycles. The van der Waals surface area contributed by atoms with E-state index in [1.807, 2.05) is 0 Å². The number of urea groups is 1. The van der Waals surface area contributed by atoms with Crippen molar-refractivity contribution < 1.29 is 33.8 Å². The molecule has 156 valence electrons.